The maximum absolute atomic E-state index is 11.8. The number of hydrogen-bond donors (Lipinski definition) is 1. The molecule has 6 heteroatoms. The molecule has 1 aliphatic rings. The molecule has 172 valence electrons. The highest BCUT2D eigenvalue weighted by Gasteiger charge is 2.41. The van der Waals surface area contributed by atoms with E-state index in [1.54, 1.807) is 0 Å². The number of aliphatic hydroxyl groups excluding tert-OH is 1. The Morgan fingerprint density at radius 3 is 2.57 bits per heavy atom. The third-order valence-corrected chi connectivity index (χ3v) is 5.61. The first-order valence-electron chi connectivity index (χ1n) is 11.0. The number of esters is 2. The fraction of sp³-hybridized carbons (Fsp3) is 0.750. The molecule has 1 rings (SSSR count). The van der Waals surface area contributed by atoms with E-state index in [1.165, 1.54) is 19.4 Å². The Morgan fingerprint density at radius 1 is 1.27 bits per heavy atom. The lowest BCUT2D eigenvalue weighted by Crippen LogP contribution is -2.45. The molecule has 1 aliphatic heterocycles. The van der Waals surface area contributed by atoms with Gasteiger partial charge in [0.2, 0.25) is 0 Å². The Morgan fingerprint density at radius 2 is 1.97 bits per heavy atom. The van der Waals surface area contributed by atoms with Gasteiger partial charge in [0.05, 0.1) is 6.10 Å². The van der Waals surface area contributed by atoms with Gasteiger partial charge in [0.1, 0.15) is 12.2 Å². The molecule has 0 aliphatic carbocycles. The van der Waals surface area contributed by atoms with Crippen LogP contribution in [0.15, 0.2) is 23.3 Å². The molecule has 0 spiro atoms. The Bertz CT molecular complexity index is 619. The van der Waals surface area contributed by atoms with Crippen LogP contribution in [-0.2, 0) is 23.8 Å². The van der Waals surface area contributed by atoms with Gasteiger partial charge >= 0.3 is 11.9 Å². The normalized spacial score (nSPS) is 25.2. The molecular formula is C24H40O6. The minimum Gasteiger partial charge on any atom is -0.462 e. The molecule has 0 radical (unpaired) electrons. The van der Waals surface area contributed by atoms with Crippen molar-refractivity contribution in [2.75, 3.05) is 13.2 Å². The largest absolute Gasteiger partial charge is 0.462 e. The van der Waals surface area contributed by atoms with E-state index in [1.807, 2.05) is 26.8 Å². The summed E-state index contributed by atoms with van der Waals surface area (Å²) in [6.45, 7) is 11.6. The van der Waals surface area contributed by atoms with Gasteiger partial charge < -0.3 is 19.3 Å². The zero-order valence-electron chi connectivity index (χ0n) is 19.5. The number of ether oxygens (including phenoxy) is 3. The van der Waals surface area contributed by atoms with Crippen molar-refractivity contribution >= 4 is 11.9 Å². The van der Waals surface area contributed by atoms with Crippen molar-refractivity contribution in [3.63, 3.8) is 0 Å². The monoisotopic (exact) mass is 424 g/mol. The molecule has 1 fully saturated rings. The molecule has 4 atom stereocenters. The first kappa shape index (κ1) is 26.4. The maximum atomic E-state index is 11.8. The highest BCUT2D eigenvalue weighted by atomic mass is 16.6. The average Bonchev–Trinajstić information content (AvgIpc) is 2.79. The number of allylic oxidation sites excluding steroid dienone is 1. The summed E-state index contributed by atoms with van der Waals surface area (Å²) < 4.78 is 16.9. The number of carbonyl (C=O) groups excluding carboxylic acids is 2. The van der Waals surface area contributed by atoms with Crippen LogP contribution in [0.2, 0.25) is 0 Å². The summed E-state index contributed by atoms with van der Waals surface area (Å²) in [6.07, 6.45) is 7.64. The van der Waals surface area contributed by atoms with Crippen molar-refractivity contribution < 1.29 is 28.9 Å². The van der Waals surface area contributed by atoms with Crippen LogP contribution < -0.4 is 0 Å². The first-order valence-corrected chi connectivity index (χ1v) is 11.0. The predicted molar refractivity (Wildman–Crippen MR) is 117 cm³/mol. The van der Waals surface area contributed by atoms with E-state index in [-0.39, 0.29) is 30.6 Å². The first-order chi connectivity index (χ1) is 14.0. The summed E-state index contributed by atoms with van der Waals surface area (Å²) in [5.74, 6) is -0.536. The zero-order chi connectivity index (χ0) is 22.7. The van der Waals surface area contributed by atoms with Crippen LogP contribution in [0.1, 0.15) is 80.1 Å². The molecule has 0 amide bonds. The molecule has 1 heterocycles. The van der Waals surface area contributed by atoms with E-state index in [4.69, 9.17) is 14.2 Å². The van der Waals surface area contributed by atoms with Gasteiger partial charge in [-0.1, -0.05) is 25.0 Å². The second kappa shape index (κ2) is 12.9. The van der Waals surface area contributed by atoms with Gasteiger partial charge in [-0.3, -0.25) is 9.59 Å². The van der Waals surface area contributed by atoms with Gasteiger partial charge in [0, 0.05) is 20.5 Å². The van der Waals surface area contributed by atoms with E-state index in [0.717, 1.165) is 31.3 Å². The number of aliphatic hydroxyl groups is 1. The van der Waals surface area contributed by atoms with Crippen LogP contribution in [0.4, 0.5) is 0 Å². The summed E-state index contributed by atoms with van der Waals surface area (Å²) in [6, 6.07) is 0. The molecular weight excluding hydrogens is 384 g/mol. The second-order valence-electron chi connectivity index (χ2n) is 8.79. The summed E-state index contributed by atoms with van der Waals surface area (Å²) in [5.41, 5.74) is 1.48. The summed E-state index contributed by atoms with van der Waals surface area (Å²) in [7, 11) is 0. The summed E-state index contributed by atoms with van der Waals surface area (Å²) in [4.78, 5) is 22.9. The van der Waals surface area contributed by atoms with E-state index in [9.17, 15) is 14.7 Å². The van der Waals surface area contributed by atoms with Crippen molar-refractivity contribution in [2.45, 2.75) is 97.9 Å². The Balaban J connectivity index is 2.84. The molecule has 0 saturated carbocycles. The minimum absolute atomic E-state index is 0.159. The lowest BCUT2D eigenvalue weighted by atomic mass is 9.84. The molecule has 6 nitrogen and oxygen atoms in total. The van der Waals surface area contributed by atoms with Gasteiger partial charge in [0.25, 0.3) is 0 Å². The van der Waals surface area contributed by atoms with Crippen molar-refractivity contribution in [1.82, 2.24) is 0 Å². The number of rotatable bonds is 10. The van der Waals surface area contributed by atoms with E-state index >= 15 is 0 Å². The van der Waals surface area contributed by atoms with Crippen LogP contribution in [0.25, 0.3) is 0 Å². The molecule has 0 aromatic heterocycles. The SMILES string of the molecule is CC(=O)OCC=C1CCCO[C@@](C)(CCCC(C)C(O)CC=C(C)C)[C@H]1OC(C)=O. The van der Waals surface area contributed by atoms with Gasteiger partial charge in [-0.25, -0.2) is 0 Å². The van der Waals surface area contributed by atoms with Crippen molar-refractivity contribution in [2.24, 2.45) is 5.92 Å². The quantitative estimate of drug-likeness (QED) is 0.411. The second-order valence-corrected chi connectivity index (χ2v) is 8.79. The van der Waals surface area contributed by atoms with E-state index in [0.29, 0.717) is 19.4 Å². The fourth-order valence-corrected chi connectivity index (χ4v) is 3.78. The van der Waals surface area contributed by atoms with Crippen molar-refractivity contribution in [3.05, 3.63) is 23.3 Å². The Kier molecular flexibility index (Phi) is 11.3. The van der Waals surface area contributed by atoms with Crippen LogP contribution in [-0.4, -0.2) is 48.1 Å². The van der Waals surface area contributed by atoms with Crippen LogP contribution in [0.3, 0.4) is 0 Å². The van der Waals surface area contributed by atoms with Crippen LogP contribution in [0, 0.1) is 5.92 Å². The van der Waals surface area contributed by atoms with E-state index < -0.39 is 11.7 Å². The molecule has 2 unspecified atom stereocenters. The molecule has 0 aromatic carbocycles. The third-order valence-electron chi connectivity index (χ3n) is 5.61. The zero-order valence-corrected chi connectivity index (χ0v) is 19.5. The van der Waals surface area contributed by atoms with Gasteiger partial charge in [0.15, 0.2) is 6.10 Å². The number of hydrogen-bond acceptors (Lipinski definition) is 6. The van der Waals surface area contributed by atoms with Gasteiger partial charge in [-0.05, 0) is 70.4 Å². The summed E-state index contributed by atoms with van der Waals surface area (Å²) >= 11 is 0. The molecule has 30 heavy (non-hydrogen) atoms. The highest BCUT2D eigenvalue weighted by molar-refractivity contribution is 5.67. The Labute approximate surface area is 181 Å². The maximum Gasteiger partial charge on any atom is 0.303 e. The number of carbonyl (C=O) groups is 2. The Hall–Kier alpha value is -1.66. The molecule has 1 saturated heterocycles. The van der Waals surface area contributed by atoms with Crippen LogP contribution >= 0.6 is 0 Å². The van der Waals surface area contributed by atoms with Crippen molar-refractivity contribution in [3.8, 4) is 0 Å². The topological polar surface area (TPSA) is 82.1 Å². The standard InChI is InChI=1S/C24H40O6/c1-17(2)11-12-22(27)18(3)9-7-14-24(6)23(30-20(5)26)21(10-8-15-29-24)13-16-28-19(4)25/h11,13,18,22-23,27H,7-10,12,14-16H2,1-6H3/t18?,22?,23-,24-/m0/s1. The summed E-state index contributed by atoms with van der Waals surface area (Å²) in [5, 5.41) is 10.4. The lowest BCUT2D eigenvalue weighted by molar-refractivity contribution is -0.163. The van der Waals surface area contributed by atoms with Crippen molar-refractivity contribution in [1.29, 1.82) is 0 Å². The molecule has 0 bridgehead atoms. The minimum atomic E-state index is -0.658. The fourth-order valence-electron chi connectivity index (χ4n) is 3.78. The lowest BCUT2D eigenvalue weighted by Gasteiger charge is -2.37. The smallest absolute Gasteiger partial charge is 0.303 e. The molecule has 1 N–H and O–H groups in total. The highest BCUT2D eigenvalue weighted by Crippen LogP contribution is 2.35. The van der Waals surface area contributed by atoms with Gasteiger partial charge in [-0.2, -0.15) is 0 Å². The van der Waals surface area contributed by atoms with Gasteiger partial charge in [-0.15, -0.1) is 0 Å². The predicted octanol–water partition coefficient (Wildman–Crippen LogP) is 4.50. The van der Waals surface area contributed by atoms with E-state index in [2.05, 4.69) is 13.0 Å². The third kappa shape index (κ3) is 9.43. The average molecular weight is 425 g/mol. The molecule has 0 aromatic rings. The van der Waals surface area contributed by atoms with Crippen LogP contribution in [0.5, 0.6) is 0 Å².